The van der Waals surface area contributed by atoms with E-state index >= 15 is 0 Å². The van der Waals surface area contributed by atoms with Gasteiger partial charge in [-0.25, -0.2) is 0 Å². The van der Waals surface area contributed by atoms with Gasteiger partial charge in [-0.3, -0.25) is 0 Å². The number of nitrogens with zero attached hydrogens (tertiary/aromatic N) is 3. The van der Waals surface area contributed by atoms with E-state index in [2.05, 4.69) is 30.9 Å². The fraction of sp³-hybridized carbons (Fsp3) is 0.875. The molecule has 9 nitrogen and oxygen atoms in total. The monoisotopic (exact) mass is 468 g/mol. The molecule has 0 saturated carbocycles. The molecule has 0 aliphatic rings. The largest absolute Gasteiger partial charge is 0.396 e. The molecule has 0 spiro atoms. The Morgan fingerprint density at radius 2 is 0.606 bits per heavy atom. The predicted octanol–water partition coefficient (Wildman–Crippen LogP) is 3.94. The minimum absolute atomic E-state index is 0.278. The number of rotatable bonds is 24. The minimum Gasteiger partial charge on any atom is -0.396 e. The topological polar surface area (TPSA) is 135 Å². The summed E-state index contributed by atoms with van der Waals surface area (Å²) in [6, 6.07) is 0. The van der Waals surface area contributed by atoms with Crippen molar-refractivity contribution in [1.29, 1.82) is 0 Å². The molecule has 0 amide bonds. The van der Waals surface area contributed by atoms with Crippen molar-refractivity contribution in [2.45, 2.75) is 96.3 Å². The van der Waals surface area contributed by atoms with Gasteiger partial charge in [0.25, 0.3) is 0 Å². The molecule has 1 rings (SSSR count). The SMILES string of the molecule is OCCCCCCCNc1nc(NCCCCCCCO)nc(NCCCCCCCO)n1. The summed E-state index contributed by atoms with van der Waals surface area (Å²) in [4.78, 5) is 13.6. The van der Waals surface area contributed by atoms with Crippen molar-refractivity contribution in [2.24, 2.45) is 0 Å². The van der Waals surface area contributed by atoms with Crippen LogP contribution in [0.4, 0.5) is 17.8 Å². The van der Waals surface area contributed by atoms with Crippen LogP contribution in [-0.2, 0) is 0 Å². The highest BCUT2D eigenvalue weighted by Gasteiger charge is 2.06. The molecule has 0 fully saturated rings. The first-order chi connectivity index (χ1) is 16.3. The van der Waals surface area contributed by atoms with Crippen LogP contribution in [0.15, 0.2) is 0 Å². The van der Waals surface area contributed by atoms with E-state index in [1.165, 1.54) is 0 Å². The zero-order valence-electron chi connectivity index (χ0n) is 20.5. The highest BCUT2D eigenvalue weighted by atomic mass is 16.3. The van der Waals surface area contributed by atoms with E-state index in [1.54, 1.807) is 0 Å². The maximum absolute atomic E-state index is 8.86. The van der Waals surface area contributed by atoms with Gasteiger partial charge in [0.05, 0.1) is 0 Å². The van der Waals surface area contributed by atoms with Gasteiger partial charge >= 0.3 is 0 Å². The molecule has 0 radical (unpaired) electrons. The van der Waals surface area contributed by atoms with Crippen LogP contribution in [0.1, 0.15) is 96.3 Å². The highest BCUT2D eigenvalue weighted by Crippen LogP contribution is 2.12. The Hall–Kier alpha value is -1.71. The number of aliphatic hydroxyl groups is 3. The summed E-state index contributed by atoms with van der Waals surface area (Å²) in [7, 11) is 0. The zero-order chi connectivity index (χ0) is 23.8. The molecule has 1 heterocycles. The van der Waals surface area contributed by atoms with E-state index in [0.717, 1.165) is 116 Å². The lowest BCUT2D eigenvalue weighted by atomic mass is 10.1. The standard InChI is InChI=1S/C24H48N6O3/c31-19-13-7-1-4-10-16-25-22-28-23(26-17-11-5-2-8-14-20-32)30-24(29-22)27-18-12-6-3-9-15-21-33/h31-33H,1-21H2,(H3,25,26,27,28,29,30). The van der Waals surface area contributed by atoms with Gasteiger partial charge in [0.2, 0.25) is 17.8 Å². The Bertz CT molecular complexity index is 476. The Labute approximate surface area is 200 Å². The molecule has 1 aromatic rings. The molecule has 0 saturated heterocycles. The van der Waals surface area contributed by atoms with E-state index < -0.39 is 0 Å². The van der Waals surface area contributed by atoms with E-state index in [0.29, 0.717) is 17.8 Å². The molecule has 0 aliphatic heterocycles. The molecule has 0 bridgehead atoms. The first-order valence-electron chi connectivity index (χ1n) is 13.1. The first-order valence-corrected chi connectivity index (χ1v) is 13.1. The average Bonchev–Trinajstić information content (AvgIpc) is 2.82. The third-order valence-electron chi connectivity index (χ3n) is 5.49. The molecule has 0 aliphatic carbocycles. The molecule has 0 atom stereocenters. The van der Waals surface area contributed by atoms with Crippen molar-refractivity contribution in [2.75, 3.05) is 55.4 Å². The highest BCUT2D eigenvalue weighted by molar-refractivity contribution is 5.42. The summed E-state index contributed by atoms with van der Waals surface area (Å²) in [5.41, 5.74) is 0. The van der Waals surface area contributed by atoms with Crippen molar-refractivity contribution in [3.63, 3.8) is 0 Å². The number of aliphatic hydroxyl groups excluding tert-OH is 3. The number of hydrogen-bond acceptors (Lipinski definition) is 9. The van der Waals surface area contributed by atoms with E-state index in [1.807, 2.05) is 0 Å². The van der Waals surface area contributed by atoms with Crippen LogP contribution >= 0.6 is 0 Å². The first kappa shape index (κ1) is 29.3. The third kappa shape index (κ3) is 17.4. The van der Waals surface area contributed by atoms with E-state index in [4.69, 9.17) is 15.3 Å². The van der Waals surface area contributed by atoms with Gasteiger partial charge in [-0.1, -0.05) is 57.8 Å². The number of nitrogens with one attached hydrogen (secondary N) is 3. The average molecular weight is 469 g/mol. The summed E-state index contributed by atoms with van der Waals surface area (Å²) in [6.07, 6.45) is 15.8. The van der Waals surface area contributed by atoms with Crippen LogP contribution in [-0.4, -0.2) is 69.7 Å². The van der Waals surface area contributed by atoms with Crippen LogP contribution < -0.4 is 16.0 Å². The van der Waals surface area contributed by atoms with E-state index in [9.17, 15) is 0 Å². The number of anilines is 3. The zero-order valence-corrected chi connectivity index (χ0v) is 20.5. The van der Waals surface area contributed by atoms with Gasteiger partial charge in [0, 0.05) is 39.5 Å². The van der Waals surface area contributed by atoms with Crippen molar-refractivity contribution in [3.8, 4) is 0 Å². The van der Waals surface area contributed by atoms with Crippen molar-refractivity contribution >= 4 is 17.8 Å². The Morgan fingerprint density at radius 3 is 0.879 bits per heavy atom. The third-order valence-corrected chi connectivity index (χ3v) is 5.49. The summed E-state index contributed by atoms with van der Waals surface area (Å²) in [5, 5.41) is 36.5. The van der Waals surface area contributed by atoms with Crippen LogP contribution in [0.2, 0.25) is 0 Å². The smallest absolute Gasteiger partial charge is 0.229 e. The second kappa shape index (κ2) is 22.1. The lowest BCUT2D eigenvalue weighted by molar-refractivity contribution is 0.282. The van der Waals surface area contributed by atoms with Gasteiger partial charge in [-0.15, -0.1) is 0 Å². The fourth-order valence-corrected chi connectivity index (χ4v) is 3.52. The Balaban J connectivity index is 2.44. The number of aromatic nitrogens is 3. The van der Waals surface area contributed by atoms with Crippen LogP contribution in [0.25, 0.3) is 0 Å². The molecule has 0 aromatic carbocycles. The molecule has 9 heteroatoms. The van der Waals surface area contributed by atoms with Gasteiger partial charge in [0.1, 0.15) is 0 Å². The summed E-state index contributed by atoms with van der Waals surface area (Å²) in [5.74, 6) is 1.78. The molecular weight excluding hydrogens is 420 g/mol. The van der Waals surface area contributed by atoms with Gasteiger partial charge in [0.15, 0.2) is 0 Å². The summed E-state index contributed by atoms with van der Waals surface area (Å²) in [6.45, 7) is 3.28. The van der Waals surface area contributed by atoms with Gasteiger partial charge in [-0.2, -0.15) is 15.0 Å². The fourth-order valence-electron chi connectivity index (χ4n) is 3.52. The minimum atomic E-state index is 0.278. The predicted molar refractivity (Wildman–Crippen MR) is 136 cm³/mol. The van der Waals surface area contributed by atoms with Crippen molar-refractivity contribution < 1.29 is 15.3 Å². The second-order valence-electron chi connectivity index (χ2n) is 8.56. The van der Waals surface area contributed by atoms with Gasteiger partial charge < -0.3 is 31.3 Å². The Morgan fingerprint density at radius 1 is 0.364 bits per heavy atom. The number of hydrogen-bond donors (Lipinski definition) is 6. The quantitative estimate of drug-likeness (QED) is 0.125. The molecular formula is C24H48N6O3. The molecule has 6 N–H and O–H groups in total. The molecule has 0 unspecified atom stereocenters. The van der Waals surface area contributed by atoms with Gasteiger partial charge in [-0.05, 0) is 38.5 Å². The second-order valence-corrected chi connectivity index (χ2v) is 8.56. The van der Waals surface area contributed by atoms with Crippen molar-refractivity contribution in [1.82, 2.24) is 15.0 Å². The lowest BCUT2D eigenvalue weighted by Crippen LogP contribution is -2.14. The molecule has 1 aromatic heterocycles. The van der Waals surface area contributed by atoms with Crippen LogP contribution in [0.3, 0.4) is 0 Å². The number of unbranched alkanes of at least 4 members (excludes halogenated alkanes) is 12. The van der Waals surface area contributed by atoms with Crippen LogP contribution in [0, 0.1) is 0 Å². The maximum Gasteiger partial charge on any atom is 0.229 e. The molecule has 192 valence electrons. The summed E-state index contributed by atoms with van der Waals surface area (Å²) < 4.78 is 0. The Kier molecular flexibility index (Phi) is 19.6. The maximum atomic E-state index is 8.86. The summed E-state index contributed by atoms with van der Waals surface area (Å²) >= 11 is 0. The van der Waals surface area contributed by atoms with E-state index in [-0.39, 0.29) is 19.8 Å². The van der Waals surface area contributed by atoms with Crippen LogP contribution in [0.5, 0.6) is 0 Å². The molecule has 33 heavy (non-hydrogen) atoms. The van der Waals surface area contributed by atoms with Crippen molar-refractivity contribution in [3.05, 3.63) is 0 Å². The lowest BCUT2D eigenvalue weighted by Gasteiger charge is -2.11. The normalized spacial score (nSPS) is 11.0.